The molecule has 3 nitrogen and oxygen atoms in total. The standard InChI is InChI=1S/C13H27NO2/c1-4-7-14-13(11(2)3)10-16-12-5-8-15-9-6-12/h11-14H,4-10H2,1-3H3. The number of nitrogens with one attached hydrogen (secondary N) is 1. The van der Waals surface area contributed by atoms with Gasteiger partial charge < -0.3 is 14.8 Å². The molecule has 0 amide bonds. The Morgan fingerprint density at radius 2 is 2.00 bits per heavy atom. The van der Waals surface area contributed by atoms with E-state index >= 15 is 0 Å². The summed E-state index contributed by atoms with van der Waals surface area (Å²) in [6.07, 6.45) is 3.70. The van der Waals surface area contributed by atoms with Crippen LogP contribution in [0.2, 0.25) is 0 Å². The first-order valence-corrected chi connectivity index (χ1v) is 6.66. The fourth-order valence-electron chi connectivity index (χ4n) is 1.90. The molecule has 1 rings (SSSR count). The molecule has 1 N–H and O–H groups in total. The van der Waals surface area contributed by atoms with Crippen molar-refractivity contribution in [3.05, 3.63) is 0 Å². The zero-order valence-corrected chi connectivity index (χ0v) is 11.0. The second kappa shape index (κ2) is 8.04. The Labute approximate surface area is 99.9 Å². The first-order chi connectivity index (χ1) is 7.74. The van der Waals surface area contributed by atoms with Crippen LogP contribution in [-0.4, -0.2) is 38.5 Å². The Morgan fingerprint density at radius 3 is 2.56 bits per heavy atom. The van der Waals surface area contributed by atoms with Gasteiger partial charge in [0.2, 0.25) is 0 Å². The fraction of sp³-hybridized carbons (Fsp3) is 1.00. The molecular weight excluding hydrogens is 202 g/mol. The van der Waals surface area contributed by atoms with E-state index in [0.717, 1.165) is 39.2 Å². The van der Waals surface area contributed by atoms with Gasteiger partial charge in [-0.2, -0.15) is 0 Å². The highest BCUT2D eigenvalue weighted by Crippen LogP contribution is 2.12. The molecule has 0 aromatic rings. The molecule has 1 aliphatic heterocycles. The largest absolute Gasteiger partial charge is 0.381 e. The van der Waals surface area contributed by atoms with E-state index in [1.807, 2.05) is 0 Å². The van der Waals surface area contributed by atoms with Crippen molar-refractivity contribution in [3.8, 4) is 0 Å². The molecule has 0 aromatic heterocycles. The Balaban J connectivity index is 2.19. The minimum absolute atomic E-state index is 0.415. The molecule has 0 spiro atoms. The van der Waals surface area contributed by atoms with E-state index < -0.39 is 0 Å². The summed E-state index contributed by atoms with van der Waals surface area (Å²) in [6, 6.07) is 0.489. The average molecular weight is 229 g/mol. The smallest absolute Gasteiger partial charge is 0.0625 e. The normalized spacial score (nSPS) is 20.2. The summed E-state index contributed by atoms with van der Waals surface area (Å²) in [7, 11) is 0. The van der Waals surface area contributed by atoms with Crippen LogP contribution < -0.4 is 5.32 Å². The molecule has 1 heterocycles. The van der Waals surface area contributed by atoms with Crippen molar-refractivity contribution in [2.75, 3.05) is 26.4 Å². The summed E-state index contributed by atoms with van der Waals surface area (Å²) in [4.78, 5) is 0. The van der Waals surface area contributed by atoms with Crippen LogP contribution in [0.5, 0.6) is 0 Å². The monoisotopic (exact) mass is 229 g/mol. The fourth-order valence-corrected chi connectivity index (χ4v) is 1.90. The first kappa shape index (κ1) is 13.9. The van der Waals surface area contributed by atoms with Gasteiger partial charge in [0.05, 0.1) is 12.7 Å². The van der Waals surface area contributed by atoms with Crippen molar-refractivity contribution in [2.45, 2.75) is 52.2 Å². The van der Waals surface area contributed by atoms with Crippen molar-refractivity contribution in [1.82, 2.24) is 5.32 Å². The highest BCUT2D eigenvalue weighted by atomic mass is 16.5. The van der Waals surface area contributed by atoms with Crippen LogP contribution in [0.3, 0.4) is 0 Å². The molecule has 0 saturated carbocycles. The lowest BCUT2D eigenvalue weighted by atomic mass is 10.0. The molecule has 1 aliphatic rings. The van der Waals surface area contributed by atoms with Crippen LogP contribution in [0.4, 0.5) is 0 Å². The number of hydrogen-bond acceptors (Lipinski definition) is 3. The number of ether oxygens (including phenoxy) is 2. The highest BCUT2D eigenvalue weighted by Gasteiger charge is 2.18. The van der Waals surface area contributed by atoms with Crippen LogP contribution in [0.1, 0.15) is 40.0 Å². The predicted octanol–water partition coefficient (Wildman–Crippen LogP) is 2.21. The Bertz CT molecular complexity index is 167. The summed E-state index contributed by atoms with van der Waals surface area (Å²) in [6.45, 7) is 10.3. The van der Waals surface area contributed by atoms with Crippen molar-refractivity contribution in [3.63, 3.8) is 0 Å². The lowest BCUT2D eigenvalue weighted by Crippen LogP contribution is -2.40. The maximum absolute atomic E-state index is 5.96. The van der Waals surface area contributed by atoms with Crippen molar-refractivity contribution in [2.24, 2.45) is 5.92 Å². The predicted molar refractivity (Wildman–Crippen MR) is 66.7 cm³/mol. The Hall–Kier alpha value is -0.120. The van der Waals surface area contributed by atoms with E-state index in [1.165, 1.54) is 6.42 Å². The van der Waals surface area contributed by atoms with Crippen molar-refractivity contribution in [1.29, 1.82) is 0 Å². The maximum Gasteiger partial charge on any atom is 0.0625 e. The third kappa shape index (κ3) is 5.28. The van der Waals surface area contributed by atoms with Crippen molar-refractivity contribution >= 4 is 0 Å². The van der Waals surface area contributed by atoms with Crippen molar-refractivity contribution < 1.29 is 9.47 Å². The molecule has 0 bridgehead atoms. The van der Waals surface area contributed by atoms with Gasteiger partial charge in [0, 0.05) is 19.3 Å². The quantitative estimate of drug-likeness (QED) is 0.726. The molecule has 96 valence electrons. The second-order valence-corrected chi connectivity index (χ2v) is 4.95. The van der Waals surface area contributed by atoms with Gasteiger partial charge in [0.25, 0.3) is 0 Å². The van der Waals surface area contributed by atoms with E-state index in [9.17, 15) is 0 Å². The van der Waals surface area contributed by atoms with Gasteiger partial charge in [-0.25, -0.2) is 0 Å². The molecular formula is C13H27NO2. The zero-order chi connectivity index (χ0) is 11.8. The summed E-state index contributed by atoms with van der Waals surface area (Å²) in [5, 5.41) is 3.55. The van der Waals surface area contributed by atoms with E-state index in [2.05, 4.69) is 26.1 Å². The van der Waals surface area contributed by atoms with Crippen LogP contribution in [0, 0.1) is 5.92 Å². The Kier molecular flexibility index (Phi) is 7.01. The van der Waals surface area contributed by atoms with Gasteiger partial charge in [0.15, 0.2) is 0 Å². The summed E-state index contributed by atoms with van der Waals surface area (Å²) >= 11 is 0. The maximum atomic E-state index is 5.96. The van der Waals surface area contributed by atoms with Crippen LogP contribution >= 0.6 is 0 Å². The van der Waals surface area contributed by atoms with Crippen LogP contribution in [-0.2, 0) is 9.47 Å². The Morgan fingerprint density at radius 1 is 1.31 bits per heavy atom. The third-order valence-corrected chi connectivity index (χ3v) is 3.14. The SMILES string of the molecule is CCCNC(COC1CCOCC1)C(C)C. The van der Waals surface area contributed by atoms with Gasteiger partial charge in [-0.15, -0.1) is 0 Å². The summed E-state index contributed by atoms with van der Waals surface area (Å²) < 4.78 is 11.3. The van der Waals surface area contributed by atoms with E-state index in [-0.39, 0.29) is 0 Å². The molecule has 0 aliphatic carbocycles. The molecule has 1 unspecified atom stereocenters. The molecule has 0 aromatic carbocycles. The minimum atomic E-state index is 0.415. The van der Waals surface area contributed by atoms with Gasteiger partial charge >= 0.3 is 0 Å². The molecule has 16 heavy (non-hydrogen) atoms. The van der Waals surface area contributed by atoms with E-state index in [4.69, 9.17) is 9.47 Å². The van der Waals surface area contributed by atoms with Gasteiger partial charge in [-0.05, 0) is 31.7 Å². The van der Waals surface area contributed by atoms with Crippen LogP contribution in [0.15, 0.2) is 0 Å². The first-order valence-electron chi connectivity index (χ1n) is 6.66. The highest BCUT2D eigenvalue weighted by molar-refractivity contribution is 4.71. The van der Waals surface area contributed by atoms with E-state index in [1.54, 1.807) is 0 Å². The molecule has 1 saturated heterocycles. The van der Waals surface area contributed by atoms with Gasteiger partial charge in [-0.1, -0.05) is 20.8 Å². The molecule has 1 atom stereocenters. The zero-order valence-electron chi connectivity index (χ0n) is 11.0. The number of hydrogen-bond donors (Lipinski definition) is 1. The minimum Gasteiger partial charge on any atom is -0.381 e. The second-order valence-electron chi connectivity index (χ2n) is 4.95. The summed E-state index contributed by atoms with van der Waals surface area (Å²) in [5.74, 6) is 0.631. The van der Waals surface area contributed by atoms with Crippen LogP contribution in [0.25, 0.3) is 0 Å². The van der Waals surface area contributed by atoms with Gasteiger partial charge in [0.1, 0.15) is 0 Å². The lowest BCUT2D eigenvalue weighted by molar-refractivity contribution is -0.0412. The number of rotatable bonds is 7. The summed E-state index contributed by atoms with van der Waals surface area (Å²) in [5.41, 5.74) is 0. The molecule has 0 radical (unpaired) electrons. The topological polar surface area (TPSA) is 30.5 Å². The lowest BCUT2D eigenvalue weighted by Gasteiger charge is -2.27. The molecule has 1 fully saturated rings. The molecule has 3 heteroatoms. The third-order valence-electron chi connectivity index (χ3n) is 3.14. The van der Waals surface area contributed by atoms with Gasteiger partial charge in [-0.3, -0.25) is 0 Å². The average Bonchev–Trinajstić information content (AvgIpc) is 2.30. The van der Waals surface area contributed by atoms with E-state index in [0.29, 0.717) is 18.1 Å².